The van der Waals surface area contributed by atoms with Gasteiger partial charge in [-0.3, -0.25) is 5.41 Å². The highest BCUT2D eigenvalue weighted by atomic mass is 35.5. The first-order chi connectivity index (χ1) is 8.97. The van der Waals surface area contributed by atoms with E-state index in [0.29, 0.717) is 15.5 Å². The Morgan fingerprint density at radius 2 is 1.84 bits per heavy atom. The summed E-state index contributed by atoms with van der Waals surface area (Å²) in [6.45, 7) is 0. The summed E-state index contributed by atoms with van der Waals surface area (Å²) < 4.78 is 26.6. The maximum absolute atomic E-state index is 13.5. The molecule has 2 rings (SSSR count). The standard InChI is InChI=1S/C13H9ClF2N2S/c14-9-5-7(13(17)18)1-4-11(9)19-12-6-8(15)2-3-10(12)16/h1-6H,(H3,17,18). The second-order valence-corrected chi connectivity index (χ2v) is 5.23. The highest BCUT2D eigenvalue weighted by Crippen LogP contribution is 2.35. The summed E-state index contributed by atoms with van der Waals surface area (Å²) >= 11 is 7.04. The zero-order chi connectivity index (χ0) is 14.0. The average molecular weight is 299 g/mol. The third-order valence-electron chi connectivity index (χ3n) is 2.36. The highest BCUT2D eigenvalue weighted by Gasteiger charge is 2.10. The van der Waals surface area contributed by atoms with E-state index in [1.807, 2.05) is 0 Å². The Balaban J connectivity index is 2.33. The van der Waals surface area contributed by atoms with Crippen LogP contribution in [0.1, 0.15) is 5.56 Å². The maximum Gasteiger partial charge on any atom is 0.137 e. The molecule has 3 N–H and O–H groups in total. The predicted molar refractivity (Wildman–Crippen MR) is 72.9 cm³/mol. The van der Waals surface area contributed by atoms with Gasteiger partial charge in [-0.25, -0.2) is 8.78 Å². The van der Waals surface area contributed by atoms with Crippen LogP contribution in [0.5, 0.6) is 0 Å². The molecule has 0 saturated carbocycles. The van der Waals surface area contributed by atoms with Gasteiger partial charge in [-0.1, -0.05) is 29.4 Å². The van der Waals surface area contributed by atoms with Crippen molar-refractivity contribution in [3.63, 3.8) is 0 Å². The lowest BCUT2D eigenvalue weighted by Gasteiger charge is -2.07. The van der Waals surface area contributed by atoms with Gasteiger partial charge in [-0.05, 0) is 30.3 Å². The maximum atomic E-state index is 13.5. The van der Waals surface area contributed by atoms with E-state index in [0.717, 1.165) is 30.0 Å². The molecule has 2 aromatic carbocycles. The van der Waals surface area contributed by atoms with Gasteiger partial charge >= 0.3 is 0 Å². The van der Waals surface area contributed by atoms with Crippen LogP contribution < -0.4 is 5.73 Å². The first-order valence-electron chi connectivity index (χ1n) is 5.24. The molecular formula is C13H9ClF2N2S. The molecule has 0 atom stereocenters. The van der Waals surface area contributed by atoms with Crippen LogP contribution in [0.2, 0.25) is 5.02 Å². The molecule has 0 fully saturated rings. The normalized spacial score (nSPS) is 10.5. The molecule has 0 radical (unpaired) electrons. The monoisotopic (exact) mass is 298 g/mol. The third kappa shape index (κ3) is 3.24. The van der Waals surface area contributed by atoms with Crippen molar-refractivity contribution in [3.05, 3.63) is 58.6 Å². The molecule has 0 spiro atoms. The number of hydrogen-bond donors (Lipinski definition) is 2. The minimum Gasteiger partial charge on any atom is -0.384 e. The average Bonchev–Trinajstić information content (AvgIpc) is 2.36. The lowest BCUT2D eigenvalue weighted by molar-refractivity contribution is 0.577. The smallest absolute Gasteiger partial charge is 0.137 e. The Morgan fingerprint density at radius 3 is 2.47 bits per heavy atom. The first-order valence-corrected chi connectivity index (χ1v) is 6.43. The Labute approximate surface area is 118 Å². The summed E-state index contributed by atoms with van der Waals surface area (Å²) in [5.74, 6) is -1.13. The minimum absolute atomic E-state index is 0.101. The molecule has 2 nitrogen and oxygen atoms in total. The largest absolute Gasteiger partial charge is 0.384 e. The summed E-state index contributed by atoms with van der Waals surface area (Å²) in [6.07, 6.45) is 0. The molecule has 0 aromatic heterocycles. The van der Waals surface area contributed by atoms with Crippen molar-refractivity contribution in [3.8, 4) is 0 Å². The van der Waals surface area contributed by atoms with Crippen molar-refractivity contribution in [2.45, 2.75) is 9.79 Å². The van der Waals surface area contributed by atoms with E-state index in [1.165, 1.54) is 6.07 Å². The Hall–Kier alpha value is -1.59. The molecule has 0 saturated heterocycles. The number of nitrogens with two attached hydrogens (primary N) is 1. The first kappa shape index (κ1) is 13.8. The van der Waals surface area contributed by atoms with Gasteiger partial charge in [-0.2, -0.15) is 0 Å². The zero-order valence-corrected chi connectivity index (χ0v) is 11.2. The van der Waals surface area contributed by atoms with Crippen molar-refractivity contribution >= 4 is 29.2 Å². The molecule has 19 heavy (non-hydrogen) atoms. The molecule has 0 aliphatic rings. The van der Waals surface area contributed by atoms with Crippen molar-refractivity contribution in [1.29, 1.82) is 5.41 Å². The van der Waals surface area contributed by atoms with E-state index in [2.05, 4.69) is 0 Å². The number of nitrogens with one attached hydrogen (secondary N) is 1. The predicted octanol–water partition coefficient (Wildman–Crippen LogP) is 4.05. The van der Waals surface area contributed by atoms with Crippen LogP contribution in [0.25, 0.3) is 0 Å². The van der Waals surface area contributed by atoms with E-state index in [9.17, 15) is 8.78 Å². The van der Waals surface area contributed by atoms with Gasteiger partial charge in [0.2, 0.25) is 0 Å². The number of nitrogen functional groups attached to an aromatic ring is 1. The fourth-order valence-electron chi connectivity index (χ4n) is 1.43. The summed E-state index contributed by atoms with van der Waals surface area (Å²) in [5, 5.41) is 7.62. The van der Waals surface area contributed by atoms with Crippen molar-refractivity contribution in [1.82, 2.24) is 0 Å². The van der Waals surface area contributed by atoms with Gasteiger partial charge in [0.1, 0.15) is 17.5 Å². The topological polar surface area (TPSA) is 49.9 Å². The lowest BCUT2D eigenvalue weighted by atomic mass is 10.2. The number of hydrogen-bond acceptors (Lipinski definition) is 2. The lowest BCUT2D eigenvalue weighted by Crippen LogP contribution is -2.10. The second-order valence-electron chi connectivity index (χ2n) is 3.74. The summed E-state index contributed by atoms with van der Waals surface area (Å²) in [7, 11) is 0. The molecular weight excluding hydrogens is 290 g/mol. The number of halogens is 3. The van der Waals surface area contributed by atoms with Crippen molar-refractivity contribution < 1.29 is 8.78 Å². The molecule has 0 amide bonds. The molecule has 0 aliphatic heterocycles. The van der Waals surface area contributed by atoms with Crippen LogP contribution in [-0.4, -0.2) is 5.84 Å². The van der Waals surface area contributed by atoms with Crippen molar-refractivity contribution in [2.24, 2.45) is 5.73 Å². The van der Waals surface area contributed by atoms with Gasteiger partial charge in [0.15, 0.2) is 0 Å². The molecule has 98 valence electrons. The Kier molecular flexibility index (Phi) is 4.07. The van der Waals surface area contributed by atoms with Crippen LogP contribution in [0, 0.1) is 17.0 Å². The van der Waals surface area contributed by atoms with E-state index >= 15 is 0 Å². The van der Waals surface area contributed by atoms with E-state index in [1.54, 1.807) is 12.1 Å². The van der Waals surface area contributed by atoms with E-state index < -0.39 is 11.6 Å². The van der Waals surface area contributed by atoms with E-state index in [-0.39, 0.29) is 10.7 Å². The van der Waals surface area contributed by atoms with Gasteiger partial charge < -0.3 is 5.73 Å². The van der Waals surface area contributed by atoms with Gasteiger partial charge in [-0.15, -0.1) is 0 Å². The molecule has 2 aromatic rings. The third-order valence-corrected chi connectivity index (χ3v) is 3.89. The quantitative estimate of drug-likeness (QED) is 0.663. The fourth-order valence-corrected chi connectivity index (χ4v) is 2.59. The Bertz CT molecular complexity index is 647. The highest BCUT2D eigenvalue weighted by molar-refractivity contribution is 7.99. The number of benzene rings is 2. The van der Waals surface area contributed by atoms with Gasteiger partial charge in [0.05, 0.1) is 9.92 Å². The van der Waals surface area contributed by atoms with E-state index in [4.69, 9.17) is 22.7 Å². The SMILES string of the molecule is N=C(N)c1ccc(Sc2cc(F)ccc2F)c(Cl)c1. The summed E-state index contributed by atoms with van der Waals surface area (Å²) in [5.41, 5.74) is 5.82. The zero-order valence-electron chi connectivity index (χ0n) is 9.58. The van der Waals surface area contributed by atoms with Gasteiger partial charge in [0, 0.05) is 10.5 Å². The molecule has 0 aliphatic carbocycles. The second kappa shape index (κ2) is 5.59. The molecule has 0 heterocycles. The minimum atomic E-state index is -0.516. The van der Waals surface area contributed by atoms with Gasteiger partial charge in [0.25, 0.3) is 0 Å². The van der Waals surface area contributed by atoms with Crippen LogP contribution in [-0.2, 0) is 0 Å². The number of amidine groups is 1. The van der Waals surface area contributed by atoms with Crippen LogP contribution in [0.4, 0.5) is 8.78 Å². The summed E-state index contributed by atoms with van der Waals surface area (Å²) in [4.78, 5) is 0.716. The number of rotatable bonds is 3. The fraction of sp³-hybridized carbons (Fsp3) is 0. The van der Waals surface area contributed by atoms with Crippen LogP contribution in [0.15, 0.2) is 46.2 Å². The van der Waals surface area contributed by atoms with Crippen LogP contribution >= 0.6 is 23.4 Å². The summed E-state index contributed by atoms with van der Waals surface area (Å²) in [6, 6.07) is 7.97. The molecule has 0 bridgehead atoms. The van der Waals surface area contributed by atoms with Crippen molar-refractivity contribution in [2.75, 3.05) is 0 Å². The van der Waals surface area contributed by atoms with Crippen LogP contribution in [0.3, 0.4) is 0 Å². The molecule has 6 heteroatoms. The molecule has 0 unspecified atom stereocenters. The Morgan fingerprint density at radius 1 is 1.11 bits per heavy atom.